The van der Waals surface area contributed by atoms with E-state index in [2.05, 4.69) is 19.9 Å². The van der Waals surface area contributed by atoms with Gasteiger partial charge in [0.25, 0.3) is 10.0 Å². The summed E-state index contributed by atoms with van der Waals surface area (Å²) in [4.78, 5) is 3.45. The van der Waals surface area contributed by atoms with Crippen molar-refractivity contribution in [1.29, 1.82) is 5.26 Å². The van der Waals surface area contributed by atoms with Crippen LogP contribution in [0.1, 0.15) is 5.69 Å². The van der Waals surface area contributed by atoms with Crippen molar-refractivity contribution in [2.24, 2.45) is 0 Å². The molecule has 0 bridgehead atoms. The van der Waals surface area contributed by atoms with Gasteiger partial charge in [0.1, 0.15) is 11.0 Å². The lowest BCUT2D eigenvalue weighted by Crippen LogP contribution is -2.16. The summed E-state index contributed by atoms with van der Waals surface area (Å²) in [6, 6.07) is 7.15. The first-order chi connectivity index (χ1) is 9.03. The zero-order valence-electron chi connectivity index (χ0n) is 9.28. The van der Waals surface area contributed by atoms with Gasteiger partial charge in [-0.25, -0.2) is 13.4 Å². The molecule has 0 atom stereocenters. The van der Waals surface area contributed by atoms with Crippen molar-refractivity contribution >= 4 is 27.4 Å². The molecule has 2 heterocycles. The zero-order chi connectivity index (χ0) is 13.9. The number of nitriles is 1. The molecule has 0 aliphatic rings. The predicted octanol–water partition coefficient (Wildman–Crippen LogP) is 1.20. The maximum absolute atomic E-state index is 12.1. The van der Waals surface area contributed by atoms with Crippen LogP contribution in [0.25, 0.3) is 0 Å². The molecular formula is C10H6ClN5O2S. The number of halogens is 1. The van der Waals surface area contributed by atoms with Crippen LogP contribution in [0.2, 0.25) is 5.15 Å². The van der Waals surface area contributed by atoms with Crippen LogP contribution in [0.4, 0.5) is 5.82 Å². The molecule has 7 nitrogen and oxygen atoms in total. The Kier molecular flexibility index (Phi) is 3.59. The lowest BCUT2D eigenvalue weighted by molar-refractivity contribution is 0.600. The molecular weight excluding hydrogens is 290 g/mol. The van der Waals surface area contributed by atoms with Crippen LogP contribution < -0.4 is 4.72 Å². The third-order valence-corrected chi connectivity index (χ3v) is 3.62. The van der Waals surface area contributed by atoms with E-state index in [1.54, 1.807) is 6.07 Å². The summed E-state index contributed by atoms with van der Waals surface area (Å²) >= 11 is 5.54. The van der Waals surface area contributed by atoms with Gasteiger partial charge in [-0.05, 0) is 24.3 Å². The van der Waals surface area contributed by atoms with Gasteiger partial charge in [-0.2, -0.15) is 5.26 Å². The van der Waals surface area contributed by atoms with Crippen molar-refractivity contribution in [3.63, 3.8) is 0 Å². The maximum Gasteiger partial charge on any atom is 0.265 e. The molecule has 9 heteroatoms. The summed E-state index contributed by atoms with van der Waals surface area (Å²) in [6.45, 7) is 0. The minimum absolute atomic E-state index is 0.00265. The normalized spacial score (nSPS) is 10.7. The first-order valence-electron chi connectivity index (χ1n) is 4.90. The Morgan fingerprint density at radius 2 is 2.05 bits per heavy atom. The fourth-order valence-corrected chi connectivity index (χ4v) is 2.46. The van der Waals surface area contributed by atoms with Crippen molar-refractivity contribution in [3.8, 4) is 6.07 Å². The SMILES string of the molecule is N#Cc1ncccc1S(=O)(=O)Nc1ccc(Cl)nn1. The Balaban J connectivity index is 2.38. The second kappa shape index (κ2) is 5.17. The summed E-state index contributed by atoms with van der Waals surface area (Å²) < 4.78 is 26.3. The largest absolute Gasteiger partial charge is 0.265 e. The van der Waals surface area contributed by atoms with Crippen LogP contribution in [-0.2, 0) is 10.0 Å². The average molecular weight is 296 g/mol. The van der Waals surface area contributed by atoms with Crippen LogP contribution in [0.5, 0.6) is 0 Å². The number of nitrogens with one attached hydrogen (secondary N) is 1. The van der Waals surface area contributed by atoms with Gasteiger partial charge in [0.15, 0.2) is 16.7 Å². The minimum atomic E-state index is -3.95. The quantitative estimate of drug-likeness (QED) is 0.911. The smallest absolute Gasteiger partial charge is 0.262 e. The van der Waals surface area contributed by atoms with Gasteiger partial charge in [-0.1, -0.05) is 11.6 Å². The second-order valence-corrected chi connectivity index (χ2v) is 5.35. The Labute approximate surface area is 113 Å². The highest BCUT2D eigenvalue weighted by Crippen LogP contribution is 2.16. The number of hydrogen-bond donors (Lipinski definition) is 1. The Bertz CT molecular complexity index is 739. The molecule has 96 valence electrons. The van der Waals surface area contributed by atoms with E-state index in [-0.39, 0.29) is 21.6 Å². The highest BCUT2D eigenvalue weighted by molar-refractivity contribution is 7.92. The third kappa shape index (κ3) is 2.96. The Morgan fingerprint density at radius 3 is 2.68 bits per heavy atom. The number of aromatic nitrogens is 3. The van der Waals surface area contributed by atoms with Crippen molar-refractivity contribution in [1.82, 2.24) is 15.2 Å². The van der Waals surface area contributed by atoms with Gasteiger partial charge < -0.3 is 0 Å². The standard InChI is InChI=1S/C10H6ClN5O2S/c11-9-3-4-10(15-14-9)16-19(17,18)8-2-1-5-13-7(8)6-12/h1-5H,(H,15,16). The van der Waals surface area contributed by atoms with Gasteiger partial charge >= 0.3 is 0 Å². The van der Waals surface area contributed by atoms with Crippen molar-refractivity contribution in [3.05, 3.63) is 41.3 Å². The molecule has 0 spiro atoms. The number of hydrogen-bond acceptors (Lipinski definition) is 6. The molecule has 0 aliphatic carbocycles. The van der Waals surface area contributed by atoms with E-state index in [4.69, 9.17) is 16.9 Å². The monoisotopic (exact) mass is 295 g/mol. The molecule has 0 amide bonds. The van der Waals surface area contributed by atoms with Gasteiger partial charge in [-0.15, -0.1) is 10.2 Å². The highest BCUT2D eigenvalue weighted by Gasteiger charge is 2.19. The van der Waals surface area contributed by atoms with Crippen LogP contribution in [0.3, 0.4) is 0 Å². The molecule has 0 radical (unpaired) electrons. The number of nitrogens with zero attached hydrogens (tertiary/aromatic N) is 4. The van der Waals surface area contributed by atoms with Crippen LogP contribution in [0.15, 0.2) is 35.4 Å². The lowest BCUT2D eigenvalue weighted by Gasteiger charge is -2.07. The molecule has 0 saturated heterocycles. The van der Waals surface area contributed by atoms with Crippen molar-refractivity contribution in [2.75, 3.05) is 4.72 Å². The van der Waals surface area contributed by atoms with Gasteiger partial charge in [0.2, 0.25) is 0 Å². The van der Waals surface area contributed by atoms with Crippen molar-refractivity contribution in [2.45, 2.75) is 4.90 Å². The third-order valence-electron chi connectivity index (χ3n) is 2.04. The van der Waals surface area contributed by atoms with E-state index >= 15 is 0 Å². The fourth-order valence-electron chi connectivity index (χ4n) is 1.25. The van der Waals surface area contributed by atoms with E-state index in [9.17, 15) is 8.42 Å². The first-order valence-corrected chi connectivity index (χ1v) is 6.76. The van der Waals surface area contributed by atoms with Crippen LogP contribution in [0, 0.1) is 11.3 Å². The Morgan fingerprint density at radius 1 is 1.26 bits per heavy atom. The maximum atomic E-state index is 12.1. The number of anilines is 1. The molecule has 0 saturated carbocycles. The van der Waals surface area contributed by atoms with Crippen molar-refractivity contribution < 1.29 is 8.42 Å². The zero-order valence-corrected chi connectivity index (χ0v) is 10.9. The van der Waals surface area contributed by atoms with Gasteiger partial charge in [0, 0.05) is 6.20 Å². The van der Waals surface area contributed by atoms with Crippen LogP contribution in [-0.4, -0.2) is 23.6 Å². The second-order valence-electron chi connectivity index (χ2n) is 3.31. The number of rotatable bonds is 3. The van der Waals surface area contributed by atoms with E-state index < -0.39 is 10.0 Å². The molecule has 2 rings (SSSR count). The van der Waals surface area contributed by atoms with Gasteiger partial charge in [-0.3, -0.25) is 4.72 Å². The van der Waals surface area contributed by atoms with Crippen LogP contribution >= 0.6 is 11.6 Å². The number of pyridine rings is 1. The average Bonchev–Trinajstić information content (AvgIpc) is 2.41. The molecule has 0 unspecified atom stereocenters. The number of sulfonamides is 1. The minimum Gasteiger partial charge on any atom is -0.262 e. The molecule has 2 aromatic rings. The Hall–Kier alpha value is -2.24. The van der Waals surface area contributed by atoms with E-state index in [0.29, 0.717) is 0 Å². The summed E-state index contributed by atoms with van der Waals surface area (Å²) in [7, 11) is -3.95. The summed E-state index contributed by atoms with van der Waals surface area (Å²) in [6.07, 6.45) is 1.33. The van der Waals surface area contributed by atoms with E-state index in [1.807, 2.05) is 0 Å². The molecule has 1 N–H and O–H groups in total. The summed E-state index contributed by atoms with van der Waals surface area (Å²) in [5, 5.41) is 16.1. The topological polar surface area (TPSA) is 109 Å². The molecule has 0 aliphatic heterocycles. The fraction of sp³-hybridized carbons (Fsp3) is 0. The summed E-state index contributed by atoms with van der Waals surface area (Å²) in [5.41, 5.74) is -0.197. The molecule has 0 aromatic carbocycles. The van der Waals surface area contributed by atoms with E-state index in [0.717, 1.165) is 0 Å². The summed E-state index contributed by atoms with van der Waals surface area (Å²) in [5.74, 6) is -0.00265. The van der Waals surface area contributed by atoms with Gasteiger partial charge in [0.05, 0.1) is 0 Å². The van der Waals surface area contributed by atoms with E-state index in [1.165, 1.54) is 30.5 Å². The highest BCUT2D eigenvalue weighted by atomic mass is 35.5. The molecule has 19 heavy (non-hydrogen) atoms. The molecule has 0 fully saturated rings. The molecule has 2 aromatic heterocycles. The lowest BCUT2D eigenvalue weighted by atomic mass is 10.4. The predicted molar refractivity (Wildman–Crippen MR) is 66.8 cm³/mol. The first kappa shape index (κ1) is 13.2.